The highest BCUT2D eigenvalue weighted by molar-refractivity contribution is 14.1. The zero-order valence-corrected chi connectivity index (χ0v) is 10.7. The summed E-state index contributed by atoms with van der Waals surface area (Å²) in [6, 6.07) is 1.72. The largest absolute Gasteiger partial charge is 0.303 e. The van der Waals surface area contributed by atoms with Crippen molar-refractivity contribution in [3.63, 3.8) is 0 Å². The first-order valence-corrected chi connectivity index (χ1v) is 5.86. The van der Waals surface area contributed by atoms with E-state index in [2.05, 4.69) is 19.9 Å². The van der Waals surface area contributed by atoms with Crippen molar-refractivity contribution in [3.05, 3.63) is 38.1 Å². The van der Waals surface area contributed by atoms with Crippen molar-refractivity contribution >= 4 is 22.6 Å². The van der Waals surface area contributed by atoms with E-state index in [0.717, 1.165) is 5.69 Å². The fourth-order valence-corrected chi connectivity index (χ4v) is 1.90. The summed E-state index contributed by atoms with van der Waals surface area (Å²) in [7, 11) is 0. The third-order valence-electron chi connectivity index (χ3n) is 2.04. The number of hydrogen-bond donors (Lipinski definition) is 1. The van der Waals surface area contributed by atoms with E-state index >= 15 is 0 Å². The molecule has 5 nitrogen and oxygen atoms in total. The minimum absolute atomic E-state index is 0.144. The van der Waals surface area contributed by atoms with Crippen LogP contribution in [0.4, 0.5) is 0 Å². The molecule has 2 aromatic heterocycles. The van der Waals surface area contributed by atoms with Crippen LogP contribution in [0.2, 0.25) is 0 Å². The summed E-state index contributed by atoms with van der Waals surface area (Å²) in [5, 5.41) is 0. The molecule has 16 heavy (non-hydrogen) atoms. The van der Waals surface area contributed by atoms with Crippen LogP contribution in [0.15, 0.2) is 23.3 Å². The number of hydrogen-bond acceptors (Lipinski definition) is 4. The highest BCUT2D eigenvalue weighted by Gasteiger charge is 2.09. The molecule has 0 aliphatic rings. The van der Waals surface area contributed by atoms with E-state index in [1.54, 1.807) is 18.5 Å². The first-order valence-electron chi connectivity index (χ1n) is 4.78. The molecule has 0 fully saturated rings. The van der Waals surface area contributed by atoms with E-state index < -0.39 is 0 Å². The molecule has 82 valence electrons. The second kappa shape index (κ2) is 4.69. The van der Waals surface area contributed by atoms with Crippen LogP contribution in [0, 0.1) is 3.57 Å². The molecule has 0 saturated carbocycles. The molecule has 6 heteroatoms. The predicted octanol–water partition coefficient (Wildman–Crippen LogP) is 1.39. The summed E-state index contributed by atoms with van der Waals surface area (Å²) in [4.78, 5) is 26.7. The fourth-order valence-electron chi connectivity index (χ4n) is 1.27. The van der Waals surface area contributed by atoms with Gasteiger partial charge in [0.25, 0.3) is 5.56 Å². The van der Waals surface area contributed by atoms with E-state index in [1.165, 1.54) is 0 Å². The van der Waals surface area contributed by atoms with Crippen molar-refractivity contribution in [2.75, 3.05) is 0 Å². The Morgan fingerprint density at radius 1 is 1.38 bits per heavy atom. The van der Waals surface area contributed by atoms with Crippen LogP contribution in [-0.4, -0.2) is 19.9 Å². The van der Waals surface area contributed by atoms with Crippen LogP contribution < -0.4 is 5.56 Å². The standard InChI is InChI=1S/C10H9IN4O/c1-2-6-7(11)10(16)15-9(14-6)8-12-4-3-5-13-8/h3-5H,2H2,1H3,(H,14,15,16). The molecular formula is C10H9IN4O. The molecule has 0 amide bonds. The minimum Gasteiger partial charge on any atom is -0.303 e. The van der Waals surface area contributed by atoms with Crippen LogP contribution in [0.1, 0.15) is 12.6 Å². The average Bonchev–Trinajstić information content (AvgIpc) is 2.33. The number of rotatable bonds is 2. The molecule has 0 spiro atoms. The van der Waals surface area contributed by atoms with Crippen molar-refractivity contribution in [1.82, 2.24) is 19.9 Å². The maximum atomic E-state index is 11.6. The predicted molar refractivity (Wildman–Crippen MR) is 68.0 cm³/mol. The van der Waals surface area contributed by atoms with Gasteiger partial charge in [0.2, 0.25) is 0 Å². The molecule has 2 heterocycles. The Bertz CT molecular complexity index is 552. The van der Waals surface area contributed by atoms with Gasteiger partial charge in [-0.15, -0.1) is 0 Å². The van der Waals surface area contributed by atoms with E-state index in [9.17, 15) is 4.79 Å². The van der Waals surface area contributed by atoms with Crippen molar-refractivity contribution in [3.8, 4) is 11.6 Å². The first-order chi connectivity index (χ1) is 7.72. The maximum Gasteiger partial charge on any atom is 0.264 e. The Morgan fingerprint density at radius 3 is 2.69 bits per heavy atom. The Hall–Kier alpha value is -1.31. The number of aromatic nitrogens is 4. The third-order valence-corrected chi connectivity index (χ3v) is 3.16. The van der Waals surface area contributed by atoms with Crippen LogP contribution in [0.25, 0.3) is 11.6 Å². The Morgan fingerprint density at radius 2 is 2.06 bits per heavy atom. The van der Waals surface area contributed by atoms with Crippen molar-refractivity contribution in [2.45, 2.75) is 13.3 Å². The summed E-state index contributed by atoms with van der Waals surface area (Å²) in [5.74, 6) is 0.855. The molecule has 0 atom stereocenters. The van der Waals surface area contributed by atoms with Crippen LogP contribution in [-0.2, 0) is 6.42 Å². The molecule has 2 rings (SSSR count). The second-order valence-corrected chi connectivity index (χ2v) is 4.18. The van der Waals surface area contributed by atoms with Crippen molar-refractivity contribution in [1.29, 1.82) is 0 Å². The van der Waals surface area contributed by atoms with E-state index in [0.29, 0.717) is 21.6 Å². The van der Waals surface area contributed by atoms with Crippen molar-refractivity contribution in [2.24, 2.45) is 0 Å². The van der Waals surface area contributed by atoms with Gasteiger partial charge in [0.1, 0.15) is 0 Å². The summed E-state index contributed by atoms with van der Waals surface area (Å²) < 4.78 is 0.625. The van der Waals surface area contributed by atoms with Gasteiger partial charge in [-0.1, -0.05) is 6.92 Å². The van der Waals surface area contributed by atoms with Crippen molar-refractivity contribution < 1.29 is 0 Å². The third kappa shape index (κ3) is 2.11. The molecule has 0 aliphatic carbocycles. The molecule has 0 aliphatic heterocycles. The summed E-state index contributed by atoms with van der Waals surface area (Å²) in [6.07, 6.45) is 3.94. The molecule has 1 N–H and O–H groups in total. The van der Waals surface area contributed by atoms with Gasteiger partial charge in [-0.25, -0.2) is 15.0 Å². The topological polar surface area (TPSA) is 71.5 Å². The summed E-state index contributed by atoms with van der Waals surface area (Å²) in [5.41, 5.74) is 0.627. The van der Waals surface area contributed by atoms with Gasteiger partial charge in [-0.05, 0) is 35.1 Å². The van der Waals surface area contributed by atoms with E-state index in [-0.39, 0.29) is 5.56 Å². The summed E-state index contributed by atoms with van der Waals surface area (Å²) >= 11 is 1.99. The minimum atomic E-state index is -0.144. The lowest BCUT2D eigenvalue weighted by molar-refractivity contribution is 0.950. The number of nitrogens with zero attached hydrogens (tertiary/aromatic N) is 3. The number of H-pyrrole nitrogens is 1. The molecule has 0 saturated heterocycles. The van der Waals surface area contributed by atoms with Gasteiger partial charge in [0.15, 0.2) is 11.6 Å². The van der Waals surface area contributed by atoms with Crippen LogP contribution in [0.3, 0.4) is 0 Å². The highest BCUT2D eigenvalue weighted by atomic mass is 127. The lowest BCUT2D eigenvalue weighted by atomic mass is 10.3. The van der Waals surface area contributed by atoms with Gasteiger partial charge in [-0.2, -0.15) is 0 Å². The van der Waals surface area contributed by atoms with Gasteiger partial charge in [0, 0.05) is 12.4 Å². The number of halogens is 1. The Labute approximate surface area is 106 Å². The molecule has 0 bridgehead atoms. The number of aromatic amines is 1. The van der Waals surface area contributed by atoms with Gasteiger partial charge < -0.3 is 4.98 Å². The molecule has 0 aromatic carbocycles. The Balaban J connectivity index is 2.60. The van der Waals surface area contributed by atoms with Crippen LogP contribution in [0.5, 0.6) is 0 Å². The second-order valence-electron chi connectivity index (χ2n) is 3.10. The first kappa shape index (κ1) is 11.2. The van der Waals surface area contributed by atoms with Gasteiger partial charge in [0.05, 0.1) is 9.26 Å². The molecule has 0 radical (unpaired) electrons. The van der Waals surface area contributed by atoms with Gasteiger partial charge >= 0.3 is 0 Å². The molecular weight excluding hydrogens is 319 g/mol. The quantitative estimate of drug-likeness (QED) is 0.846. The summed E-state index contributed by atoms with van der Waals surface area (Å²) in [6.45, 7) is 1.96. The normalized spacial score (nSPS) is 10.4. The smallest absolute Gasteiger partial charge is 0.264 e. The zero-order valence-electron chi connectivity index (χ0n) is 8.57. The lowest BCUT2D eigenvalue weighted by Gasteiger charge is -2.03. The molecule has 0 unspecified atom stereocenters. The Kier molecular flexibility index (Phi) is 3.28. The molecule has 2 aromatic rings. The van der Waals surface area contributed by atoms with Crippen LogP contribution >= 0.6 is 22.6 Å². The van der Waals surface area contributed by atoms with E-state index in [1.807, 2.05) is 29.5 Å². The fraction of sp³-hybridized carbons (Fsp3) is 0.200. The monoisotopic (exact) mass is 328 g/mol. The lowest BCUT2D eigenvalue weighted by Crippen LogP contribution is -2.16. The average molecular weight is 328 g/mol. The van der Waals surface area contributed by atoms with E-state index in [4.69, 9.17) is 0 Å². The number of aryl methyl sites for hydroxylation is 1. The highest BCUT2D eigenvalue weighted by Crippen LogP contribution is 2.10. The van der Waals surface area contributed by atoms with Gasteiger partial charge in [-0.3, -0.25) is 4.79 Å². The SMILES string of the molecule is CCc1nc(-c2ncccn2)[nH]c(=O)c1I. The zero-order chi connectivity index (χ0) is 11.5. The maximum absolute atomic E-state index is 11.6. The number of nitrogens with one attached hydrogen (secondary N) is 1.